The number of ether oxygens (including phenoxy) is 3. The number of methoxy groups -OCH3 is 1. The van der Waals surface area contributed by atoms with Gasteiger partial charge < -0.3 is 40.8 Å². The summed E-state index contributed by atoms with van der Waals surface area (Å²) in [6.45, 7) is -2.12. The number of hydrogen-bond donors (Lipinski definition) is 5. The van der Waals surface area contributed by atoms with Crippen LogP contribution in [0, 0.1) is 0 Å². The zero-order valence-corrected chi connectivity index (χ0v) is 31.2. The second-order valence-electron chi connectivity index (χ2n) is 12.7. The maximum Gasteiger partial charge on any atom is 0.422 e. The number of rotatable bonds is 15. The number of nitrogens with one attached hydrogen (secondary N) is 5. The van der Waals surface area contributed by atoms with Gasteiger partial charge in [0.05, 0.1) is 12.6 Å². The summed E-state index contributed by atoms with van der Waals surface area (Å²) < 4.78 is 54.2. The fraction of sp³-hybridized carbons (Fsp3) is 0.205. The Labute approximate surface area is 333 Å². The number of carbonyl (C=O) groups excluding carboxylic acids is 4. The van der Waals surface area contributed by atoms with E-state index in [1.54, 1.807) is 36.4 Å². The SMILES string of the molecule is COC(=O)[C@H](CNC(=O)C(=O)Nc1ccc(Oc2ccccc2)cc1)NC(=O)c1ccc(Nc2nc(NC3(c4ccc(Cl)cc4)CC3)nc(OCC(F)(F)F)n2)cc1. The van der Waals surface area contributed by atoms with Gasteiger partial charge in [0, 0.05) is 28.5 Å². The van der Waals surface area contributed by atoms with E-state index in [1.165, 1.54) is 36.4 Å². The average molecular weight is 819 g/mol. The van der Waals surface area contributed by atoms with Gasteiger partial charge in [-0.15, -0.1) is 0 Å². The third-order valence-corrected chi connectivity index (χ3v) is 8.69. The Morgan fingerprint density at radius 2 is 1.43 bits per heavy atom. The largest absolute Gasteiger partial charge is 0.467 e. The lowest BCUT2D eigenvalue weighted by Crippen LogP contribution is -2.50. The predicted octanol–water partition coefficient (Wildman–Crippen LogP) is 6.13. The summed E-state index contributed by atoms with van der Waals surface area (Å²) in [6, 6.07) is 26.2. The molecule has 0 radical (unpaired) electrons. The lowest BCUT2D eigenvalue weighted by Gasteiger charge is -2.19. The van der Waals surface area contributed by atoms with Crippen molar-refractivity contribution in [2.75, 3.05) is 36.2 Å². The predicted molar refractivity (Wildman–Crippen MR) is 205 cm³/mol. The van der Waals surface area contributed by atoms with Gasteiger partial charge in [0.15, 0.2) is 6.61 Å². The molecule has 1 heterocycles. The van der Waals surface area contributed by atoms with Gasteiger partial charge >= 0.3 is 30.0 Å². The third-order valence-electron chi connectivity index (χ3n) is 8.44. The van der Waals surface area contributed by atoms with Gasteiger partial charge in [0.25, 0.3) is 5.91 Å². The van der Waals surface area contributed by atoms with Crippen molar-refractivity contribution in [3.05, 3.63) is 119 Å². The lowest BCUT2D eigenvalue weighted by atomic mass is 10.1. The summed E-state index contributed by atoms with van der Waals surface area (Å²) in [5.74, 6) is -2.80. The van der Waals surface area contributed by atoms with Crippen molar-refractivity contribution >= 4 is 58.6 Å². The zero-order chi connectivity index (χ0) is 41.3. The Bertz CT molecular complexity index is 2250. The van der Waals surface area contributed by atoms with Gasteiger partial charge in [0.1, 0.15) is 17.5 Å². The molecule has 0 bridgehead atoms. The van der Waals surface area contributed by atoms with Crippen molar-refractivity contribution in [1.82, 2.24) is 25.6 Å². The van der Waals surface area contributed by atoms with E-state index >= 15 is 0 Å². The summed E-state index contributed by atoms with van der Waals surface area (Å²) in [4.78, 5) is 63.1. The average Bonchev–Trinajstić information content (AvgIpc) is 3.99. The first-order valence-corrected chi connectivity index (χ1v) is 17.8. The summed E-state index contributed by atoms with van der Waals surface area (Å²) in [6.07, 6.45) is -3.25. The van der Waals surface area contributed by atoms with E-state index in [2.05, 4.69) is 41.5 Å². The monoisotopic (exact) mass is 818 g/mol. The molecule has 1 aromatic heterocycles. The molecule has 6 rings (SSSR count). The highest BCUT2D eigenvalue weighted by molar-refractivity contribution is 6.39. The summed E-state index contributed by atoms with van der Waals surface area (Å²) in [5.41, 5.74) is 1.03. The molecule has 15 nitrogen and oxygen atoms in total. The van der Waals surface area contributed by atoms with Gasteiger partial charge in [-0.05, 0) is 91.2 Å². The number of amides is 3. The van der Waals surface area contributed by atoms with E-state index in [9.17, 15) is 32.3 Å². The van der Waals surface area contributed by atoms with Gasteiger partial charge in [0.2, 0.25) is 11.9 Å². The highest BCUT2D eigenvalue weighted by Crippen LogP contribution is 2.48. The fourth-order valence-electron chi connectivity index (χ4n) is 5.38. The molecule has 0 unspecified atom stereocenters. The van der Waals surface area contributed by atoms with E-state index in [-0.39, 0.29) is 17.5 Å². The second-order valence-corrected chi connectivity index (χ2v) is 13.2. The van der Waals surface area contributed by atoms with Gasteiger partial charge in [-0.2, -0.15) is 28.1 Å². The van der Waals surface area contributed by atoms with Crippen molar-refractivity contribution in [3.63, 3.8) is 0 Å². The zero-order valence-electron chi connectivity index (χ0n) is 30.4. The molecule has 0 spiro atoms. The Morgan fingerprint density at radius 3 is 2.07 bits per heavy atom. The Morgan fingerprint density at radius 1 is 0.793 bits per heavy atom. The van der Waals surface area contributed by atoms with Crippen LogP contribution < -0.4 is 36.1 Å². The molecule has 1 atom stereocenters. The van der Waals surface area contributed by atoms with Crippen molar-refractivity contribution in [3.8, 4) is 17.5 Å². The number of para-hydroxylation sites is 1. The molecule has 0 aliphatic heterocycles. The van der Waals surface area contributed by atoms with Crippen LogP contribution in [0.1, 0.15) is 28.8 Å². The van der Waals surface area contributed by atoms with Crippen LogP contribution >= 0.6 is 11.6 Å². The first-order chi connectivity index (χ1) is 27.8. The van der Waals surface area contributed by atoms with E-state index in [4.69, 9.17) is 25.8 Å². The Hall–Kier alpha value is -6.95. The summed E-state index contributed by atoms with van der Waals surface area (Å²) in [5, 5.41) is 13.8. The van der Waals surface area contributed by atoms with Crippen LogP contribution in [0.3, 0.4) is 0 Å². The van der Waals surface area contributed by atoms with Crippen molar-refractivity contribution in [2.24, 2.45) is 0 Å². The number of benzene rings is 4. The minimum Gasteiger partial charge on any atom is -0.467 e. The van der Waals surface area contributed by atoms with Gasteiger partial charge in [-0.3, -0.25) is 14.4 Å². The molecular weight excluding hydrogens is 785 g/mol. The first-order valence-electron chi connectivity index (χ1n) is 17.5. The van der Waals surface area contributed by atoms with Gasteiger partial charge in [-0.25, -0.2) is 4.79 Å². The lowest BCUT2D eigenvalue weighted by molar-refractivity contribution is -0.154. The van der Waals surface area contributed by atoms with Crippen LogP contribution in [0.5, 0.6) is 17.5 Å². The molecule has 5 aromatic rings. The molecule has 19 heteroatoms. The van der Waals surface area contributed by atoms with Crippen LogP contribution in [-0.4, -0.2) is 71.1 Å². The van der Waals surface area contributed by atoms with Crippen LogP contribution in [0.15, 0.2) is 103 Å². The minimum absolute atomic E-state index is 0.0418. The Kier molecular flexibility index (Phi) is 12.6. The van der Waals surface area contributed by atoms with Crippen LogP contribution in [0.4, 0.5) is 36.4 Å². The second kappa shape index (κ2) is 17.9. The molecule has 1 aliphatic rings. The highest BCUT2D eigenvalue weighted by atomic mass is 35.5. The van der Waals surface area contributed by atoms with Crippen LogP contribution in [-0.2, 0) is 24.7 Å². The highest BCUT2D eigenvalue weighted by Gasteiger charge is 2.45. The van der Waals surface area contributed by atoms with Crippen molar-refractivity contribution in [1.29, 1.82) is 0 Å². The summed E-state index contributed by atoms with van der Waals surface area (Å²) >= 11 is 6.03. The number of esters is 1. The number of hydrogen-bond acceptors (Lipinski definition) is 12. The minimum atomic E-state index is -4.65. The third kappa shape index (κ3) is 11.3. The molecule has 1 saturated carbocycles. The molecule has 300 valence electrons. The summed E-state index contributed by atoms with van der Waals surface area (Å²) in [7, 11) is 1.09. The number of halogens is 4. The number of alkyl halides is 3. The Balaban J connectivity index is 1.05. The molecule has 4 aromatic carbocycles. The molecule has 0 saturated heterocycles. The van der Waals surface area contributed by atoms with Crippen molar-refractivity contribution in [2.45, 2.75) is 30.6 Å². The van der Waals surface area contributed by atoms with Crippen molar-refractivity contribution < 1.29 is 46.6 Å². The molecule has 3 amide bonds. The molecular formula is C39H34ClF3N8O7. The molecule has 58 heavy (non-hydrogen) atoms. The fourth-order valence-corrected chi connectivity index (χ4v) is 5.50. The van der Waals surface area contributed by atoms with Crippen LogP contribution in [0.25, 0.3) is 0 Å². The first kappa shape index (κ1) is 40.7. The number of aromatic nitrogens is 3. The topological polar surface area (TPSA) is 195 Å². The van der Waals surface area contributed by atoms with E-state index in [0.29, 0.717) is 40.7 Å². The molecule has 5 N–H and O–H groups in total. The molecule has 1 aliphatic carbocycles. The maximum atomic E-state index is 13.1. The van der Waals surface area contributed by atoms with E-state index in [1.807, 2.05) is 30.3 Å². The van der Waals surface area contributed by atoms with Gasteiger partial charge in [-0.1, -0.05) is 41.9 Å². The smallest absolute Gasteiger partial charge is 0.422 e. The maximum absolute atomic E-state index is 13.1. The normalized spacial score (nSPS) is 13.3. The van der Waals surface area contributed by atoms with E-state index < -0.39 is 60.6 Å². The number of nitrogens with zero attached hydrogens (tertiary/aromatic N) is 3. The quantitative estimate of drug-likeness (QED) is 0.0600. The van der Waals surface area contributed by atoms with Crippen LogP contribution in [0.2, 0.25) is 5.02 Å². The standard InChI is InChI=1S/C39H34ClF3N8O7/c1-56-34(55)30(21-44-32(53)33(54)45-26-15-17-29(18-16-26)58-28-5-3-2-4-6-28)47-31(52)23-7-13-27(14-8-23)46-35-48-36(50-37(49-35)57-22-39(41,42)43)51-38(19-20-38)24-9-11-25(40)12-10-24/h2-18,30H,19-22H2,1H3,(H,44,53)(H,45,54)(H,47,52)(H2,46,48,49,50,51)/t30-/m0/s1. The number of anilines is 4. The van der Waals surface area contributed by atoms with E-state index in [0.717, 1.165) is 12.7 Å². The molecule has 1 fully saturated rings. The number of carbonyl (C=O) groups is 4.